The minimum Gasteiger partial charge on any atom is -0.744 e. The molecule has 71 heavy (non-hydrogen) atoms. The van der Waals surface area contributed by atoms with Crippen LogP contribution in [0.4, 0.5) is 0 Å². The van der Waals surface area contributed by atoms with E-state index < -0.39 is 10.1 Å². The first-order chi connectivity index (χ1) is 34.5. The Morgan fingerprint density at radius 3 is 0.662 bits per heavy atom. The van der Waals surface area contributed by atoms with E-state index >= 15 is 0 Å². The van der Waals surface area contributed by atoms with Crippen molar-refractivity contribution in [2.75, 3.05) is 0 Å². The second-order valence-corrected chi connectivity index (χ2v) is 24.3. The zero-order valence-corrected chi connectivity index (χ0v) is 51.9. The quantitative estimate of drug-likeness (QED) is 0.0371. The number of hydrogen-bond acceptors (Lipinski definition) is 3. The summed E-state index contributed by atoms with van der Waals surface area (Å²) in [5.41, 5.74) is 3.44. The summed E-state index contributed by atoms with van der Waals surface area (Å²) in [5.74, 6) is 0. The maximum Gasteiger partial charge on any atom is 1.00 e. The normalized spacial score (nSPS) is 11.8. The van der Waals surface area contributed by atoms with E-state index in [1.165, 1.54) is 332 Å². The predicted octanol–water partition coefficient (Wildman–Crippen LogP) is 20.3. The summed E-state index contributed by atoms with van der Waals surface area (Å²) in [5, 5.41) is 0. The fourth-order valence-corrected chi connectivity index (χ4v) is 12.2. The molecule has 414 valence electrons. The molecule has 0 aliphatic heterocycles. The van der Waals surface area contributed by atoms with Gasteiger partial charge in [-0.3, -0.25) is 0 Å². The number of benzene rings is 1. The van der Waals surface area contributed by atoms with Gasteiger partial charge < -0.3 is 4.55 Å². The standard InChI is InChI=1S/C66H126O3S.Na/c1-4-7-10-13-16-19-22-25-28-31-34-37-40-43-46-49-52-55-58-63-61-62-66(70(67,68)69)65(60-57-54-51-48-45-42-39-36-33-30-27-24-21-18-15-12-9-6-3)64(63)59-56-53-50-47-44-41-38-35-32-29-26-23-20-17-14-11-8-5-2;/h61-62H,4-60H2,1-3H3,(H,67,68,69);/q;+1/p-1. The molecule has 1 rings (SSSR count). The third-order valence-corrected chi connectivity index (χ3v) is 17.0. The Bertz CT molecular complexity index is 1310. The molecule has 0 atom stereocenters. The van der Waals surface area contributed by atoms with Crippen molar-refractivity contribution < 1.29 is 42.5 Å². The molecule has 0 saturated carbocycles. The molecule has 0 aliphatic carbocycles. The average molecular weight is 1020 g/mol. The molecule has 0 aromatic heterocycles. The summed E-state index contributed by atoms with van der Waals surface area (Å²) in [6.45, 7) is 6.90. The Balaban J connectivity index is 0.0000490. The van der Waals surface area contributed by atoms with E-state index in [1.807, 2.05) is 6.07 Å². The molecule has 0 radical (unpaired) electrons. The van der Waals surface area contributed by atoms with E-state index in [-0.39, 0.29) is 34.5 Å². The van der Waals surface area contributed by atoms with Crippen molar-refractivity contribution in [2.45, 2.75) is 392 Å². The van der Waals surface area contributed by atoms with E-state index in [9.17, 15) is 13.0 Å². The van der Waals surface area contributed by atoms with Gasteiger partial charge in [0.15, 0.2) is 0 Å². The van der Waals surface area contributed by atoms with Crippen LogP contribution >= 0.6 is 0 Å². The number of unbranched alkanes of at least 4 members (excludes halogenated alkanes) is 51. The molecule has 1 aromatic carbocycles. The van der Waals surface area contributed by atoms with Crippen LogP contribution in [0.1, 0.15) is 384 Å². The first kappa shape index (κ1) is 71.1. The first-order valence-electron chi connectivity index (χ1n) is 32.5. The van der Waals surface area contributed by atoms with Gasteiger partial charge in [0.2, 0.25) is 0 Å². The molecule has 0 heterocycles. The Labute approximate surface area is 469 Å². The molecule has 1 aromatic rings. The Kier molecular flexibility index (Phi) is 56.4. The third-order valence-electron chi connectivity index (χ3n) is 16.1. The molecule has 0 unspecified atom stereocenters. The van der Waals surface area contributed by atoms with Crippen LogP contribution < -0.4 is 29.6 Å². The van der Waals surface area contributed by atoms with Crippen molar-refractivity contribution >= 4 is 10.1 Å². The summed E-state index contributed by atoms with van der Waals surface area (Å²) >= 11 is 0. The van der Waals surface area contributed by atoms with Gasteiger partial charge in [0.1, 0.15) is 10.1 Å². The molecule has 0 bridgehead atoms. The summed E-state index contributed by atoms with van der Waals surface area (Å²) in [6, 6.07) is 3.72. The molecule has 0 fully saturated rings. The monoisotopic (exact) mass is 1020 g/mol. The molecule has 0 amide bonds. The minimum atomic E-state index is -4.51. The zero-order chi connectivity index (χ0) is 50.5. The molecule has 0 spiro atoms. The average Bonchev–Trinajstić information content (AvgIpc) is 3.35. The fraction of sp³-hybridized carbons (Fsp3) is 0.909. The molecule has 0 aliphatic rings. The molecule has 3 nitrogen and oxygen atoms in total. The summed E-state index contributed by atoms with van der Waals surface area (Å²) in [6.07, 6.45) is 76.3. The predicted molar refractivity (Wildman–Crippen MR) is 312 cm³/mol. The SMILES string of the molecule is CCCCCCCCCCCCCCCCCCCCc1ccc(S(=O)(=O)[O-])c(CCCCCCCCCCCCCCCCCCCC)c1CCCCCCCCCCCCCCCCCCCC.[Na+]. The van der Waals surface area contributed by atoms with E-state index in [4.69, 9.17) is 0 Å². The van der Waals surface area contributed by atoms with Gasteiger partial charge in [-0.1, -0.05) is 354 Å². The van der Waals surface area contributed by atoms with Crippen molar-refractivity contribution in [1.29, 1.82) is 0 Å². The second-order valence-electron chi connectivity index (χ2n) is 22.9. The van der Waals surface area contributed by atoms with Crippen LogP contribution in [-0.4, -0.2) is 13.0 Å². The van der Waals surface area contributed by atoms with Crippen LogP contribution in [-0.2, 0) is 29.4 Å². The number of hydrogen-bond donors (Lipinski definition) is 0. The van der Waals surface area contributed by atoms with Crippen LogP contribution in [0, 0.1) is 0 Å². The summed E-state index contributed by atoms with van der Waals surface area (Å²) in [7, 11) is -4.51. The van der Waals surface area contributed by atoms with Crippen molar-refractivity contribution in [1.82, 2.24) is 0 Å². The Morgan fingerprint density at radius 2 is 0.451 bits per heavy atom. The summed E-state index contributed by atoms with van der Waals surface area (Å²) in [4.78, 5) is 0.0819. The van der Waals surface area contributed by atoms with Crippen LogP contribution in [0.3, 0.4) is 0 Å². The van der Waals surface area contributed by atoms with Crippen LogP contribution in [0.15, 0.2) is 17.0 Å². The number of rotatable bonds is 58. The largest absolute Gasteiger partial charge is 1.00 e. The Hall–Kier alpha value is 0.130. The van der Waals surface area contributed by atoms with Gasteiger partial charge in [-0.2, -0.15) is 0 Å². The zero-order valence-electron chi connectivity index (χ0n) is 49.1. The van der Waals surface area contributed by atoms with Gasteiger partial charge in [-0.05, 0) is 61.3 Å². The van der Waals surface area contributed by atoms with Gasteiger partial charge in [-0.25, -0.2) is 8.42 Å². The Morgan fingerprint density at radius 1 is 0.268 bits per heavy atom. The van der Waals surface area contributed by atoms with Gasteiger partial charge in [-0.15, -0.1) is 0 Å². The van der Waals surface area contributed by atoms with Gasteiger partial charge in [0.25, 0.3) is 0 Å². The van der Waals surface area contributed by atoms with Crippen molar-refractivity contribution in [2.24, 2.45) is 0 Å². The van der Waals surface area contributed by atoms with Crippen LogP contribution in [0.25, 0.3) is 0 Å². The molecule has 5 heteroatoms. The van der Waals surface area contributed by atoms with Crippen molar-refractivity contribution in [3.05, 3.63) is 28.8 Å². The van der Waals surface area contributed by atoms with Crippen molar-refractivity contribution in [3.8, 4) is 0 Å². The van der Waals surface area contributed by atoms with Crippen LogP contribution in [0.2, 0.25) is 0 Å². The van der Waals surface area contributed by atoms with Gasteiger partial charge in [0, 0.05) is 0 Å². The maximum atomic E-state index is 12.7. The van der Waals surface area contributed by atoms with Gasteiger partial charge in [0.05, 0.1) is 4.90 Å². The number of aryl methyl sites for hydroxylation is 1. The second kappa shape index (κ2) is 56.3. The van der Waals surface area contributed by atoms with Gasteiger partial charge >= 0.3 is 29.6 Å². The van der Waals surface area contributed by atoms with E-state index in [2.05, 4.69) is 20.8 Å². The molecular weight excluding hydrogens is 896 g/mol. The fourth-order valence-electron chi connectivity index (χ4n) is 11.4. The van der Waals surface area contributed by atoms with E-state index in [0.717, 1.165) is 50.5 Å². The molecule has 0 saturated heterocycles. The molecular formula is C66H125NaO3S. The first-order valence-corrected chi connectivity index (χ1v) is 34.0. The molecule has 0 N–H and O–H groups in total. The minimum absolute atomic E-state index is 0. The van der Waals surface area contributed by atoms with Crippen LogP contribution in [0.5, 0.6) is 0 Å². The summed E-state index contributed by atoms with van der Waals surface area (Å²) < 4.78 is 38.2. The van der Waals surface area contributed by atoms with E-state index in [1.54, 1.807) is 6.07 Å². The maximum absolute atomic E-state index is 12.7. The third kappa shape index (κ3) is 47.1. The van der Waals surface area contributed by atoms with Crippen molar-refractivity contribution in [3.63, 3.8) is 0 Å². The topological polar surface area (TPSA) is 57.2 Å². The van der Waals surface area contributed by atoms with E-state index in [0.29, 0.717) is 0 Å². The smallest absolute Gasteiger partial charge is 0.744 e.